The van der Waals surface area contributed by atoms with Crippen molar-refractivity contribution in [2.75, 3.05) is 13.3 Å². The average molecular weight is 425 g/mol. The molecule has 0 atom stereocenters. The molecule has 1 aliphatic heterocycles. The van der Waals surface area contributed by atoms with Crippen molar-refractivity contribution in [3.8, 4) is 5.75 Å². The van der Waals surface area contributed by atoms with Crippen molar-refractivity contribution in [3.63, 3.8) is 0 Å². The molecule has 3 rings (SSSR count). The van der Waals surface area contributed by atoms with Crippen LogP contribution in [-0.2, 0) is 6.54 Å². The number of halogens is 4. The van der Waals surface area contributed by atoms with Crippen LogP contribution >= 0.6 is 0 Å². The van der Waals surface area contributed by atoms with Gasteiger partial charge in [-0.05, 0) is 42.0 Å². The van der Waals surface area contributed by atoms with Crippen LogP contribution in [-0.4, -0.2) is 42.2 Å². The molecule has 0 unspecified atom stereocenters. The van der Waals surface area contributed by atoms with Crippen LogP contribution in [0.25, 0.3) is 0 Å². The number of carbonyl (C=O) groups is 3. The molecule has 30 heavy (non-hydrogen) atoms. The first-order chi connectivity index (χ1) is 14.1. The lowest BCUT2D eigenvalue weighted by molar-refractivity contribution is -0.153. The van der Waals surface area contributed by atoms with Gasteiger partial charge in [-0.15, -0.1) is 0 Å². The third-order valence-corrected chi connectivity index (χ3v) is 4.13. The Kier molecular flexibility index (Phi) is 5.90. The van der Waals surface area contributed by atoms with Crippen LogP contribution in [0.15, 0.2) is 42.5 Å². The van der Waals surface area contributed by atoms with Gasteiger partial charge in [0.1, 0.15) is 11.6 Å². The SMILES string of the molecule is O=C(NCN1Cc2ccc(OCC(F)(F)F)cc2C1=O)NC(=O)c1ccc(F)cc1. The summed E-state index contributed by atoms with van der Waals surface area (Å²) >= 11 is 0. The van der Waals surface area contributed by atoms with Gasteiger partial charge in [0.15, 0.2) is 6.61 Å². The fourth-order valence-electron chi connectivity index (χ4n) is 2.71. The van der Waals surface area contributed by atoms with E-state index in [0.717, 1.165) is 12.1 Å². The van der Waals surface area contributed by atoms with Crippen molar-refractivity contribution in [2.45, 2.75) is 12.7 Å². The molecule has 0 aliphatic carbocycles. The summed E-state index contributed by atoms with van der Waals surface area (Å²) in [6.07, 6.45) is -4.50. The molecule has 11 heteroatoms. The molecule has 0 bridgehead atoms. The van der Waals surface area contributed by atoms with E-state index in [2.05, 4.69) is 10.1 Å². The highest BCUT2D eigenvalue weighted by atomic mass is 19.4. The predicted molar refractivity (Wildman–Crippen MR) is 95.1 cm³/mol. The summed E-state index contributed by atoms with van der Waals surface area (Å²) in [7, 11) is 0. The molecule has 1 aliphatic rings. The number of benzene rings is 2. The van der Waals surface area contributed by atoms with E-state index in [0.29, 0.717) is 5.56 Å². The number of carbonyl (C=O) groups excluding carboxylic acids is 3. The van der Waals surface area contributed by atoms with Gasteiger partial charge in [0.25, 0.3) is 11.8 Å². The zero-order valence-corrected chi connectivity index (χ0v) is 15.3. The number of nitrogens with zero attached hydrogens (tertiary/aromatic N) is 1. The molecule has 0 spiro atoms. The highest BCUT2D eigenvalue weighted by Gasteiger charge is 2.30. The maximum Gasteiger partial charge on any atom is 0.422 e. The summed E-state index contributed by atoms with van der Waals surface area (Å²) in [6.45, 7) is -1.60. The van der Waals surface area contributed by atoms with Crippen LogP contribution < -0.4 is 15.4 Å². The minimum absolute atomic E-state index is 0.0718. The maximum atomic E-state index is 12.9. The van der Waals surface area contributed by atoms with Gasteiger partial charge in [0.05, 0.1) is 6.67 Å². The molecule has 7 nitrogen and oxygen atoms in total. The summed E-state index contributed by atoms with van der Waals surface area (Å²) in [5.41, 5.74) is 0.797. The molecule has 2 aromatic carbocycles. The molecule has 2 aromatic rings. The number of ether oxygens (including phenoxy) is 1. The van der Waals surface area contributed by atoms with Crippen LogP contribution in [0.3, 0.4) is 0 Å². The Labute approximate surface area is 167 Å². The number of amides is 4. The second-order valence-electron chi connectivity index (χ2n) is 6.35. The van der Waals surface area contributed by atoms with Crippen molar-refractivity contribution in [3.05, 3.63) is 65.0 Å². The van der Waals surface area contributed by atoms with Crippen molar-refractivity contribution in [1.82, 2.24) is 15.5 Å². The Morgan fingerprint density at radius 3 is 2.47 bits per heavy atom. The predicted octanol–water partition coefficient (Wildman–Crippen LogP) is 2.82. The standard InChI is InChI=1S/C19H15F4N3O4/c20-13-4-1-11(2-5-13)16(27)25-18(29)24-10-26-8-12-3-6-14(7-15(12)17(26)28)30-9-19(21,22)23/h1-7H,8-10H2,(H2,24,25,27,29). The Bertz CT molecular complexity index is 977. The van der Waals surface area contributed by atoms with Gasteiger partial charge in [-0.3, -0.25) is 14.9 Å². The topological polar surface area (TPSA) is 87.7 Å². The number of hydrogen-bond donors (Lipinski definition) is 2. The van der Waals surface area contributed by atoms with Crippen LogP contribution in [0.1, 0.15) is 26.3 Å². The molecular weight excluding hydrogens is 410 g/mol. The average Bonchev–Trinajstić information content (AvgIpc) is 3.00. The highest BCUT2D eigenvalue weighted by Crippen LogP contribution is 2.27. The minimum Gasteiger partial charge on any atom is -0.484 e. The van der Waals surface area contributed by atoms with Crippen LogP contribution in [0, 0.1) is 5.82 Å². The molecule has 2 N–H and O–H groups in total. The van der Waals surface area contributed by atoms with Gasteiger partial charge in [-0.25, -0.2) is 9.18 Å². The Hall–Kier alpha value is -3.63. The molecule has 0 aromatic heterocycles. The highest BCUT2D eigenvalue weighted by molar-refractivity contribution is 6.04. The summed E-state index contributed by atoms with van der Waals surface area (Å²) in [5, 5.41) is 4.38. The molecule has 0 radical (unpaired) electrons. The molecular formula is C19H15F4N3O4. The summed E-state index contributed by atoms with van der Waals surface area (Å²) in [6, 6.07) is 7.68. The number of imide groups is 1. The van der Waals surface area contributed by atoms with E-state index in [1.54, 1.807) is 0 Å². The van der Waals surface area contributed by atoms with Gasteiger partial charge >= 0.3 is 12.2 Å². The smallest absolute Gasteiger partial charge is 0.422 e. The van der Waals surface area contributed by atoms with Gasteiger partial charge < -0.3 is 15.0 Å². The third kappa shape index (κ3) is 5.25. The van der Waals surface area contributed by atoms with E-state index in [1.807, 2.05) is 5.32 Å². The first kappa shape index (κ1) is 21.1. The number of urea groups is 1. The number of alkyl halides is 3. The van der Waals surface area contributed by atoms with Crippen molar-refractivity contribution in [1.29, 1.82) is 0 Å². The second kappa shape index (κ2) is 8.39. The zero-order chi connectivity index (χ0) is 21.9. The van der Waals surface area contributed by atoms with Crippen molar-refractivity contribution < 1.29 is 36.7 Å². The fraction of sp³-hybridized carbons (Fsp3) is 0.211. The normalized spacial score (nSPS) is 13.1. The minimum atomic E-state index is -4.50. The molecule has 0 fully saturated rings. The van der Waals surface area contributed by atoms with Gasteiger partial charge in [-0.2, -0.15) is 13.2 Å². The lowest BCUT2D eigenvalue weighted by Gasteiger charge is -2.16. The lowest BCUT2D eigenvalue weighted by atomic mass is 10.1. The maximum absolute atomic E-state index is 12.9. The number of fused-ring (bicyclic) bond motifs is 1. The number of hydrogen-bond acceptors (Lipinski definition) is 4. The largest absolute Gasteiger partial charge is 0.484 e. The molecule has 158 valence electrons. The first-order valence-electron chi connectivity index (χ1n) is 8.59. The van der Waals surface area contributed by atoms with Crippen molar-refractivity contribution >= 4 is 17.8 Å². The molecule has 0 saturated carbocycles. The summed E-state index contributed by atoms with van der Waals surface area (Å²) in [5.74, 6) is -1.89. The van der Waals surface area contributed by atoms with Gasteiger partial charge in [0.2, 0.25) is 0 Å². The van der Waals surface area contributed by atoms with Gasteiger partial charge in [-0.1, -0.05) is 6.07 Å². The van der Waals surface area contributed by atoms with E-state index in [9.17, 15) is 31.9 Å². The van der Waals surface area contributed by atoms with Crippen molar-refractivity contribution in [2.24, 2.45) is 0 Å². The van der Waals surface area contributed by atoms with E-state index in [4.69, 9.17) is 0 Å². The van der Waals surface area contributed by atoms with Crippen LogP contribution in [0.4, 0.5) is 22.4 Å². The van der Waals surface area contributed by atoms with E-state index in [-0.39, 0.29) is 30.1 Å². The van der Waals surface area contributed by atoms with Crippen LogP contribution in [0.2, 0.25) is 0 Å². The Morgan fingerprint density at radius 2 is 1.80 bits per heavy atom. The Morgan fingerprint density at radius 1 is 1.10 bits per heavy atom. The van der Waals surface area contributed by atoms with E-state index >= 15 is 0 Å². The number of rotatable bonds is 5. The Balaban J connectivity index is 1.53. The van der Waals surface area contributed by atoms with Gasteiger partial charge in [0, 0.05) is 17.7 Å². The van der Waals surface area contributed by atoms with E-state index in [1.165, 1.54) is 35.2 Å². The third-order valence-electron chi connectivity index (χ3n) is 4.13. The quantitative estimate of drug-likeness (QED) is 0.722. The summed E-state index contributed by atoms with van der Waals surface area (Å²) in [4.78, 5) is 37.4. The lowest BCUT2D eigenvalue weighted by Crippen LogP contribution is -2.44. The van der Waals surface area contributed by atoms with Crippen LogP contribution in [0.5, 0.6) is 5.75 Å². The molecule has 4 amide bonds. The fourth-order valence-corrected chi connectivity index (χ4v) is 2.71. The monoisotopic (exact) mass is 425 g/mol. The molecule has 0 saturated heterocycles. The molecule has 1 heterocycles. The zero-order valence-electron chi connectivity index (χ0n) is 15.3. The first-order valence-corrected chi connectivity index (χ1v) is 8.59. The second-order valence-corrected chi connectivity index (χ2v) is 6.35. The summed E-state index contributed by atoms with van der Waals surface area (Å²) < 4.78 is 54.3. The van der Waals surface area contributed by atoms with E-state index < -0.39 is 36.4 Å². The number of nitrogens with one attached hydrogen (secondary N) is 2.